The van der Waals surface area contributed by atoms with Crippen molar-refractivity contribution < 1.29 is 4.79 Å². The Balaban J connectivity index is -0.000000135. The van der Waals surface area contributed by atoms with Crippen LogP contribution in [-0.2, 0) is 11.2 Å². The highest BCUT2D eigenvalue weighted by atomic mass is 16.2. The molecule has 1 amide bonds. The fourth-order valence-corrected chi connectivity index (χ4v) is 5.00. The molecular formula is C58H129N11O. The standard InChI is InChI=1S/C12H27N5O.C11H16.C8H18.C7H17N3.C6H15N.2C5H13N.C4H10/c1-9(2)6-8-16-11(18)10(13)5-3-4-7-17-12(14)15;1-9(2)8-11-6-4-10(3)5-7-11;1-4-5-6-7-8(2)3;1-6(2)4-3-5-10-7(8)9;1-6(2)4-3-5-7;1-5(2,3)4-6;1-5(2)3-4-6;1-4(2)3/h9-10H,3-8,13H2,1-2H3,(H,16,18)(H4,14,15,17);4-7,9H,8H2,1-3H3;8H,4-7H2,1-3H3;6H,3-5H2,1-2H3,(H4,8,9,10);6H,3-5,7H2,1-2H3;4,6H2,1-3H3;5H,3-4,6H2,1-2H3;4H,1-3H3. The topological polar surface area (TPSA) is 262 Å². The number of aliphatic imine (C=N–C) groups is 2. The zero-order valence-corrected chi connectivity index (χ0v) is 50.5. The molecule has 0 aromatic heterocycles. The molecule has 17 N–H and O–H groups in total. The van der Waals surface area contributed by atoms with Gasteiger partial charge in [-0.2, -0.15) is 0 Å². The van der Waals surface area contributed by atoms with Crippen LogP contribution in [-0.4, -0.2) is 63.1 Å². The Hall–Kier alpha value is -2.93. The molecule has 1 atom stereocenters. The fraction of sp³-hybridized carbons (Fsp3) is 0.845. The first-order valence-corrected chi connectivity index (χ1v) is 27.6. The minimum absolute atomic E-state index is 0.0718. The molecule has 0 heterocycles. The Morgan fingerprint density at radius 2 is 0.929 bits per heavy atom. The maximum atomic E-state index is 11.6. The van der Waals surface area contributed by atoms with Gasteiger partial charge in [0.05, 0.1) is 6.04 Å². The number of nitrogens with zero attached hydrogens (tertiary/aromatic N) is 2. The van der Waals surface area contributed by atoms with Crippen LogP contribution in [0.1, 0.15) is 226 Å². The van der Waals surface area contributed by atoms with E-state index in [1.165, 1.54) is 62.5 Å². The Morgan fingerprint density at radius 1 is 0.543 bits per heavy atom. The number of amides is 1. The van der Waals surface area contributed by atoms with E-state index in [0.717, 1.165) is 93.8 Å². The summed E-state index contributed by atoms with van der Waals surface area (Å²) in [5.74, 6) is 5.65. The third-order valence-corrected chi connectivity index (χ3v) is 9.30. The van der Waals surface area contributed by atoms with Crippen LogP contribution in [0.4, 0.5) is 0 Å². The van der Waals surface area contributed by atoms with Gasteiger partial charge in [-0.1, -0.05) is 187 Å². The van der Waals surface area contributed by atoms with E-state index in [1.54, 1.807) is 0 Å². The summed E-state index contributed by atoms with van der Waals surface area (Å²) >= 11 is 0. The lowest BCUT2D eigenvalue weighted by Crippen LogP contribution is -2.41. The molecule has 0 radical (unpaired) electrons. The second kappa shape index (κ2) is 58.6. The molecule has 12 heteroatoms. The third kappa shape index (κ3) is 102. The Labute approximate surface area is 438 Å². The molecule has 1 unspecified atom stereocenters. The van der Waals surface area contributed by atoms with Gasteiger partial charge in [0, 0.05) is 19.6 Å². The number of nitrogens with one attached hydrogen (secondary N) is 1. The molecule has 1 aromatic carbocycles. The predicted molar refractivity (Wildman–Crippen MR) is 319 cm³/mol. The first-order valence-electron chi connectivity index (χ1n) is 27.6. The van der Waals surface area contributed by atoms with Gasteiger partial charge in [0.1, 0.15) is 0 Å². The molecule has 1 rings (SSSR count). The number of hydrogen-bond donors (Lipinski definition) is 9. The van der Waals surface area contributed by atoms with Crippen LogP contribution < -0.4 is 51.2 Å². The molecule has 0 fully saturated rings. The second-order valence-corrected chi connectivity index (χ2v) is 23.0. The van der Waals surface area contributed by atoms with Gasteiger partial charge in [0.15, 0.2) is 11.9 Å². The highest BCUT2D eigenvalue weighted by Gasteiger charge is 2.12. The summed E-state index contributed by atoms with van der Waals surface area (Å²) in [6, 6.07) is 8.36. The quantitative estimate of drug-likeness (QED) is 0.0270. The molecule has 0 saturated heterocycles. The SMILES string of the molecule is CC(C)(C)CN.CC(C)C.CC(C)CCCN.CC(C)CCCN=C(N)N.CC(C)CCN.CC(C)CCNC(=O)C(N)CCCCN=C(N)N.CCCCCC(C)C.Cc1ccc(CC(C)C)cc1. The van der Waals surface area contributed by atoms with Crippen LogP contribution in [0.5, 0.6) is 0 Å². The largest absolute Gasteiger partial charge is 0.370 e. The van der Waals surface area contributed by atoms with Crippen molar-refractivity contribution in [3.05, 3.63) is 35.4 Å². The van der Waals surface area contributed by atoms with E-state index in [9.17, 15) is 4.79 Å². The van der Waals surface area contributed by atoms with Crippen LogP contribution >= 0.6 is 0 Å². The normalized spacial score (nSPS) is 10.8. The number of guanidine groups is 2. The molecule has 12 nitrogen and oxygen atoms in total. The van der Waals surface area contributed by atoms with Crippen LogP contribution in [0.25, 0.3) is 0 Å². The molecule has 0 aliphatic carbocycles. The van der Waals surface area contributed by atoms with Crippen LogP contribution in [0.3, 0.4) is 0 Å². The molecule has 1 aromatic rings. The van der Waals surface area contributed by atoms with Crippen molar-refractivity contribution >= 4 is 17.8 Å². The Kier molecular flexibility index (Phi) is 68.0. The average Bonchev–Trinajstić information content (AvgIpc) is 3.22. The molecule has 0 spiro atoms. The molecule has 422 valence electrons. The number of nitrogens with two attached hydrogens (primary N) is 8. The molecule has 0 aliphatic rings. The number of hydrogen-bond acceptors (Lipinski definition) is 7. The Morgan fingerprint density at radius 3 is 1.24 bits per heavy atom. The van der Waals surface area contributed by atoms with Crippen LogP contribution in [0.2, 0.25) is 0 Å². The van der Waals surface area contributed by atoms with Crippen LogP contribution in [0, 0.1) is 53.8 Å². The van der Waals surface area contributed by atoms with Gasteiger partial charge in [-0.05, 0) is 143 Å². The fourth-order valence-electron chi connectivity index (χ4n) is 5.00. The maximum Gasteiger partial charge on any atom is 0.236 e. The van der Waals surface area contributed by atoms with Crippen molar-refractivity contribution in [2.24, 2.45) is 103 Å². The second-order valence-electron chi connectivity index (χ2n) is 23.0. The molecule has 0 bridgehead atoms. The average molecular weight is 997 g/mol. The van der Waals surface area contributed by atoms with Gasteiger partial charge in [0.2, 0.25) is 5.91 Å². The molecular weight excluding hydrogens is 867 g/mol. The lowest BCUT2D eigenvalue weighted by atomic mass is 9.98. The number of carbonyl (C=O) groups excluding carboxylic acids is 1. The van der Waals surface area contributed by atoms with E-state index in [-0.39, 0.29) is 17.8 Å². The molecule has 70 heavy (non-hydrogen) atoms. The maximum absolute atomic E-state index is 11.6. The number of unbranched alkanes of at least 4 members (excludes halogenated alkanes) is 3. The van der Waals surface area contributed by atoms with Crippen molar-refractivity contribution in [1.82, 2.24) is 5.32 Å². The summed E-state index contributed by atoms with van der Waals surface area (Å²) in [7, 11) is 0. The third-order valence-electron chi connectivity index (χ3n) is 9.30. The summed E-state index contributed by atoms with van der Waals surface area (Å²) < 4.78 is 0. The number of benzene rings is 1. The van der Waals surface area contributed by atoms with Gasteiger partial charge in [-0.15, -0.1) is 0 Å². The zero-order valence-electron chi connectivity index (χ0n) is 50.5. The first-order chi connectivity index (χ1) is 32.3. The lowest BCUT2D eigenvalue weighted by Gasteiger charge is -2.12. The van der Waals surface area contributed by atoms with Gasteiger partial charge in [0.25, 0.3) is 0 Å². The minimum Gasteiger partial charge on any atom is -0.370 e. The molecule has 0 saturated carbocycles. The van der Waals surface area contributed by atoms with E-state index >= 15 is 0 Å². The van der Waals surface area contributed by atoms with Gasteiger partial charge < -0.3 is 51.2 Å². The number of rotatable bonds is 24. The summed E-state index contributed by atoms with van der Waals surface area (Å²) in [6.45, 7) is 48.2. The predicted octanol–water partition coefficient (Wildman–Crippen LogP) is 12.1. The number of aryl methyl sites for hydroxylation is 1. The highest BCUT2D eigenvalue weighted by molar-refractivity contribution is 5.81. The van der Waals surface area contributed by atoms with E-state index in [4.69, 9.17) is 45.9 Å². The van der Waals surface area contributed by atoms with E-state index < -0.39 is 6.04 Å². The highest BCUT2D eigenvalue weighted by Crippen LogP contribution is 2.10. The lowest BCUT2D eigenvalue weighted by molar-refractivity contribution is -0.122. The summed E-state index contributed by atoms with van der Waals surface area (Å²) in [5, 5.41) is 2.84. The molecule has 0 aliphatic heterocycles. The number of carbonyl (C=O) groups is 1. The zero-order chi connectivity index (χ0) is 56.1. The van der Waals surface area contributed by atoms with Crippen molar-refractivity contribution in [3.8, 4) is 0 Å². The van der Waals surface area contributed by atoms with E-state index in [2.05, 4.69) is 178 Å². The Bertz CT molecular complexity index is 1210. The van der Waals surface area contributed by atoms with Crippen molar-refractivity contribution in [3.63, 3.8) is 0 Å². The van der Waals surface area contributed by atoms with Crippen molar-refractivity contribution in [2.75, 3.05) is 39.3 Å². The summed E-state index contributed by atoms with van der Waals surface area (Å²) in [5.41, 5.74) is 45.4. The minimum atomic E-state index is -0.434. The van der Waals surface area contributed by atoms with E-state index in [0.29, 0.717) is 30.8 Å². The van der Waals surface area contributed by atoms with Gasteiger partial charge in [-0.3, -0.25) is 14.8 Å². The van der Waals surface area contributed by atoms with E-state index in [1.807, 2.05) is 0 Å². The smallest absolute Gasteiger partial charge is 0.236 e. The summed E-state index contributed by atoms with van der Waals surface area (Å²) in [6.07, 6.45) is 16.0. The van der Waals surface area contributed by atoms with Gasteiger partial charge in [-0.25, -0.2) is 0 Å². The van der Waals surface area contributed by atoms with Gasteiger partial charge >= 0.3 is 0 Å². The van der Waals surface area contributed by atoms with Crippen molar-refractivity contribution in [2.45, 2.75) is 234 Å². The monoisotopic (exact) mass is 996 g/mol. The van der Waals surface area contributed by atoms with Crippen molar-refractivity contribution in [1.29, 1.82) is 0 Å². The summed E-state index contributed by atoms with van der Waals surface area (Å²) in [4.78, 5) is 19.3. The first kappa shape index (κ1) is 81.1. The van der Waals surface area contributed by atoms with Crippen LogP contribution in [0.15, 0.2) is 34.3 Å².